The van der Waals surface area contributed by atoms with Crippen LogP contribution in [0.3, 0.4) is 0 Å². The van der Waals surface area contributed by atoms with E-state index in [1.165, 1.54) is 31.7 Å². The first-order chi connectivity index (χ1) is 7.83. The lowest BCUT2D eigenvalue weighted by molar-refractivity contribution is 0.331. The summed E-state index contributed by atoms with van der Waals surface area (Å²) in [5, 5.41) is 3.18. The molecule has 0 radical (unpaired) electrons. The summed E-state index contributed by atoms with van der Waals surface area (Å²) in [6, 6.07) is 0. The molecule has 4 nitrogen and oxygen atoms in total. The van der Waals surface area contributed by atoms with Crippen LogP contribution in [0.4, 0.5) is 0 Å². The van der Waals surface area contributed by atoms with Crippen molar-refractivity contribution in [3.8, 4) is 0 Å². The van der Waals surface area contributed by atoms with Crippen LogP contribution in [0.2, 0.25) is 0 Å². The summed E-state index contributed by atoms with van der Waals surface area (Å²) in [5.74, 6) is 0.796. The molecule has 90 valence electrons. The molecule has 1 unspecified atom stereocenters. The molecule has 0 amide bonds. The molecular formula is C12H22N4. The van der Waals surface area contributed by atoms with E-state index in [4.69, 9.17) is 0 Å². The Labute approximate surface area is 97.7 Å². The van der Waals surface area contributed by atoms with Gasteiger partial charge in [0.15, 0.2) is 0 Å². The molecule has 16 heavy (non-hydrogen) atoms. The van der Waals surface area contributed by atoms with Crippen molar-refractivity contribution >= 4 is 0 Å². The number of rotatable bonds is 5. The summed E-state index contributed by atoms with van der Waals surface area (Å²) >= 11 is 0. The number of hydrogen-bond acceptors (Lipinski definition) is 3. The van der Waals surface area contributed by atoms with Gasteiger partial charge in [-0.2, -0.15) is 0 Å². The highest BCUT2D eigenvalue weighted by Gasteiger charge is 2.21. The molecule has 1 fully saturated rings. The number of likely N-dealkylation sites (tertiary alicyclic amines) is 1. The minimum Gasteiger partial charge on any atom is -0.333 e. The van der Waals surface area contributed by atoms with Crippen molar-refractivity contribution in [1.29, 1.82) is 0 Å². The van der Waals surface area contributed by atoms with Crippen LogP contribution in [0, 0.1) is 5.92 Å². The molecule has 1 N–H and O–H groups in total. The topological polar surface area (TPSA) is 33.1 Å². The highest BCUT2D eigenvalue weighted by molar-refractivity contribution is 4.98. The van der Waals surface area contributed by atoms with Gasteiger partial charge in [0.1, 0.15) is 0 Å². The van der Waals surface area contributed by atoms with Crippen LogP contribution < -0.4 is 5.32 Å². The fourth-order valence-electron chi connectivity index (χ4n) is 2.47. The highest BCUT2D eigenvalue weighted by atomic mass is 15.2. The van der Waals surface area contributed by atoms with Crippen molar-refractivity contribution in [3.63, 3.8) is 0 Å². The lowest BCUT2D eigenvalue weighted by atomic mass is 10.1. The Kier molecular flexibility index (Phi) is 3.96. The minimum absolute atomic E-state index is 0.796. The van der Waals surface area contributed by atoms with Crippen molar-refractivity contribution < 1.29 is 0 Å². The summed E-state index contributed by atoms with van der Waals surface area (Å²) in [5.41, 5.74) is 1.29. The lowest BCUT2D eigenvalue weighted by Crippen LogP contribution is -2.22. The fourth-order valence-corrected chi connectivity index (χ4v) is 2.47. The molecule has 1 aromatic rings. The Morgan fingerprint density at radius 1 is 1.56 bits per heavy atom. The molecule has 4 heteroatoms. The van der Waals surface area contributed by atoms with Crippen molar-refractivity contribution in [2.75, 3.05) is 26.7 Å². The van der Waals surface area contributed by atoms with E-state index in [0.29, 0.717) is 0 Å². The summed E-state index contributed by atoms with van der Waals surface area (Å²) in [7, 11) is 1.98. The first-order valence-corrected chi connectivity index (χ1v) is 6.19. The molecule has 0 bridgehead atoms. The second-order valence-corrected chi connectivity index (χ2v) is 4.62. The average molecular weight is 222 g/mol. The van der Waals surface area contributed by atoms with Crippen molar-refractivity contribution in [2.24, 2.45) is 5.92 Å². The van der Waals surface area contributed by atoms with Gasteiger partial charge in [0.2, 0.25) is 0 Å². The zero-order valence-electron chi connectivity index (χ0n) is 10.3. The molecule has 1 atom stereocenters. The monoisotopic (exact) mass is 222 g/mol. The van der Waals surface area contributed by atoms with Gasteiger partial charge in [0.25, 0.3) is 0 Å². The van der Waals surface area contributed by atoms with Crippen LogP contribution in [-0.2, 0) is 13.1 Å². The number of nitrogens with zero attached hydrogens (tertiary/aromatic N) is 3. The van der Waals surface area contributed by atoms with Crippen LogP contribution in [0.15, 0.2) is 12.5 Å². The van der Waals surface area contributed by atoms with Crippen LogP contribution in [-0.4, -0.2) is 41.1 Å². The molecule has 0 saturated carbocycles. The van der Waals surface area contributed by atoms with Gasteiger partial charge in [-0.1, -0.05) is 6.92 Å². The third-order valence-corrected chi connectivity index (χ3v) is 3.43. The standard InChI is InChI=1S/C12H22N4/c1-3-15-5-4-11(8-15)9-16-10-14-7-12(16)6-13-2/h7,10-11,13H,3-6,8-9H2,1-2H3. The predicted octanol–water partition coefficient (Wildman–Crippen LogP) is 0.944. The summed E-state index contributed by atoms with van der Waals surface area (Å²) in [4.78, 5) is 6.76. The Morgan fingerprint density at radius 2 is 2.44 bits per heavy atom. The normalized spacial score (nSPS) is 21.8. The summed E-state index contributed by atoms with van der Waals surface area (Å²) in [6.45, 7) is 7.96. The van der Waals surface area contributed by atoms with Crippen LogP contribution in [0.5, 0.6) is 0 Å². The number of imidazole rings is 1. The maximum absolute atomic E-state index is 4.23. The molecule has 2 heterocycles. The molecule has 2 rings (SSSR count). The summed E-state index contributed by atoms with van der Waals surface area (Å²) in [6.07, 6.45) is 5.25. The van der Waals surface area contributed by atoms with E-state index in [0.717, 1.165) is 19.0 Å². The Bertz CT molecular complexity index is 321. The Hall–Kier alpha value is -0.870. The van der Waals surface area contributed by atoms with Gasteiger partial charge in [0.05, 0.1) is 12.0 Å². The van der Waals surface area contributed by atoms with E-state index in [-0.39, 0.29) is 0 Å². The maximum atomic E-state index is 4.23. The van der Waals surface area contributed by atoms with E-state index < -0.39 is 0 Å². The second kappa shape index (κ2) is 5.46. The molecule has 1 saturated heterocycles. The molecule has 0 aromatic carbocycles. The summed E-state index contributed by atoms with van der Waals surface area (Å²) < 4.78 is 2.29. The molecule has 0 spiro atoms. The highest BCUT2D eigenvalue weighted by Crippen LogP contribution is 2.18. The van der Waals surface area contributed by atoms with Crippen molar-refractivity contribution in [2.45, 2.75) is 26.4 Å². The van der Waals surface area contributed by atoms with Gasteiger partial charge in [0, 0.05) is 25.8 Å². The number of hydrogen-bond donors (Lipinski definition) is 1. The van der Waals surface area contributed by atoms with Gasteiger partial charge < -0.3 is 14.8 Å². The van der Waals surface area contributed by atoms with E-state index >= 15 is 0 Å². The smallest absolute Gasteiger partial charge is 0.0948 e. The molecule has 1 aromatic heterocycles. The molecular weight excluding hydrogens is 200 g/mol. The van der Waals surface area contributed by atoms with E-state index in [1.54, 1.807) is 0 Å². The van der Waals surface area contributed by atoms with E-state index in [9.17, 15) is 0 Å². The minimum atomic E-state index is 0.796. The Balaban J connectivity index is 1.91. The average Bonchev–Trinajstić information content (AvgIpc) is 2.90. The van der Waals surface area contributed by atoms with Gasteiger partial charge >= 0.3 is 0 Å². The third-order valence-electron chi connectivity index (χ3n) is 3.43. The van der Waals surface area contributed by atoms with Crippen molar-refractivity contribution in [1.82, 2.24) is 19.8 Å². The second-order valence-electron chi connectivity index (χ2n) is 4.62. The fraction of sp³-hybridized carbons (Fsp3) is 0.750. The van der Waals surface area contributed by atoms with Gasteiger partial charge in [-0.25, -0.2) is 4.98 Å². The largest absolute Gasteiger partial charge is 0.333 e. The molecule has 1 aliphatic heterocycles. The quantitative estimate of drug-likeness (QED) is 0.805. The van der Waals surface area contributed by atoms with Gasteiger partial charge in [-0.05, 0) is 32.5 Å². The first-order valence-electron chi connectivity index (χ1n) is 6.19. The van der Waals surface area contributed by atoms with Gasteiger partial charge in [-0.15, -0.1) is 0 Å². The molecule has 1 aliphatic rings. The van der Waals surface area contributed by atoms with Crippen LogP contribution >= 0.6 is 0 Å². The lowest BCUT2D eigenvalue weighted by Gasteiger charge is -2.15. The van der Waals surface area contributed by atoms with Crippen LogP contribution in [0.1, 0.15) is 19.0 Å². The SMILES string of the molecule is CCN1CCC(Cn2cncc2CNC)C1. The zero-order chi connectivity index (χ0) is 11.4. The third kappa shape index (κ3) is 2.62. The maximum Gasteiger partial charge on any atom is 0.0948 e. The van der Waals surface area contributed by atoms with E-state index in [1.807, 2.05) is 19.6 Å². The first kappa shape index (κ1) is 11.6. The predicted molar refractivity (Wildman–Crippen MR) is 65.2 cm³/mol. The Morgan fingerprint density at radius 3 is 3.12 bits per heavy atom. The molecule has 0 aliphatic carbocycles. The van der Waals surface area contributed by atoms with Crippen molar-refractivity contribution in [3.05, 3.63) is 18.2 Å². The van der Waals surface area contributed by atoms with Gasteiger partial charge in [-0.3, -0.25) is 0 Å². The van der Waals surface area contributed by atoms with E-state index in [2.05, 4.69) is 26.7 Å². The zero-order valence-corrected chi connectivity index (χ0v) is 10.3. The number of nitrogens with one attached hydrogen (secondary N) is 1. The number of aromatic nitrogens is 2. The van der Waals surface area contributed by atoms with Crippen LogP contribution in [0.25, 0.3) is 0 Å².